The third-order valence-corrected chi connectivity index (χ3v) is 4.55. The zero-order valence-corrected chi connectivity index (χ0v) is 13.9. The van der Waals surface area contributed by atoms with Gasteiger partial charge in [-0.1, -0.05) is 24.3 Å². The van der Waals surface area contributed by atoms with Crippen LogP contribution < -0.4 is 10.9 Å². The van der Waals surface area contributed by atoms with Crippen LogP contribution in [-0.2, 0) is 4.79 Å². The first-order chi connectivity index (χ1) is 12.0. The van der Waals surface area contributed by atoms with Crippen molar-refractivity contribution in [3.63, 3.8) is 0 Å². The van der Waals surface area contributed by atoms with Crippen molar-refractivity contribution in [3.05, 3.63) is 69.1 Å². The molecule has 1 aromatic carbocycles. The Morgan fingerprint density at radius 3 is 2.64 bits per heavy atom. The Kier molecular flexibility index (Phi) is 3.49. The maximum absolute atomic E-state index is 12.3. The molecule has 0 aliphatic carbocycles. The minimum absolute atomic E-state index is 0.0542. The highest BCUT2D eigenvalue weighted by molar-refractivity contribution is 5.95. The number of nitrogens with one attached hydrogen (secondary N) is 2. The SMILES string of the molecule is Cc1ccccc1[C@@H]1CC(=O)Nc2c1c(C)nn2-c1ccc(=O)[nH]n1. The molecule has 126 valence electrons. The molecular weight excluding hydrogens is 318 g/mol. The van der Waals surface area contributed by atoms with E-state index in [1.54, 1.807) is 10.7 Å². The van der Waals surface area contributed by atoms with Crippen molar-refractivity contribution in [3.8, 4) is 5.82 Å². The molecule has 0 bridgehead atoms. The van der Waals surface area contributed by atoms with Crippen LogP contribution in [0.2, 0.25) is 0 Å². The lowest BCUT2D eigenvalue weighted by molar-refractivity contribution is -0.116. The monoisotopic (exact) mass is 335 g/mol. The van der Waals surface area contributed by atoms with Gasteiger partial charge in [0.15, 0.2) is 5.82 Å². The van der Waals surface area contributed by atoms with Gasteiger partial charge in [0.2, 0.25) is 5.91 Å². The number of H-pyrrole nitrogens is 1. The van der Waals surface area contributed by atoms with E-state index >= 15 is 0 Å². The highest BCUT2D eigenvalue weighted by Crippen LogP contribution is 2.40. The standard InChI is InChI=1S/C18H17N5O2/c1-10-5-3-4-6-12(10)13-9-16(25)19-18-17(13)11(2)22-23(18)14-7-8-15(24)21-20-14/h3-8,13H,9H2,1-2H3,(H,19,25)(H,21,24)/t13-/m0/s1. The van der Waals surface area contributed by atoms with Gasteiger partial charge in [-0.25, -0.2) is 5.10 Å². The van der Waals surface area contributed by atoms with Gasteiger partial charge in [-0.3, -0.25) is 9.59 Å². The number of hydrogen-bond donors (Lipinski definition) is 2. The van der Waals surface area contributed by atoms with Crippen molar-refractivity contribution in [2.24, 2.45) is 0 Å². The van der Waals surface area contributed by atoms with E-state index in [1.807, 2.05) is 32.0 Å². The molecule has 1 aliphatic rings. The topological polar surface area (TPSA) is 92.7 Å². The number of aromatic nitrogens is 4. The smallest absolute Gasteiger partial charge is 0.264 e. The average molecular weight is 335 g/mol. The highest BCUT2D eigenvalue weighted by atomic mass is 16.1. The van der Waals surface area contributed by atoms with E-state index in [0.29, 0.717) is 18.1 Å². The predicted molar refractivity (Wildman–Crippen MR) is 93.0 cm³/mol. The van der Waals surface area contributed by atoms with Crippen LogP contribution in [-0.4, -0.2) is 25.9 Å². The summed E-state index contributed by atoms with van der Waals surface area (Å²) in [6.45, 7) is 3.97. The number of fused-ring (bicyclic) bond motifs is 1. The normalized spacial score (nSPS) is 16.4. The molecule has 3 aromatic rings. The van der Waals surface area contributed by atoms with Gasteiger partial charge in [0.05, 0.1) is 5.69 Å². The second-order valence-electron chi connectivity index (χ2n) is 6.20. The van der Waals surface area contributed by atoms with Crippen LogP contribution in [0.3, 0.4) is 0 Å². The van der Waals surface area contributed by atoms with E-state index in [0.717, 1.165) is 22.4 Å². The fraction of sp³-hybridized carbons (Fsp3) is 0.222. The molecule has 7 heteroatoms. The Bertz CT molecular complexity index is 1010. The van der Waals surface area contributed by atoms with Gasteiger partial charge in [0, 0.05) is 24.0 Å². The van der Waals surface area contributed by atoms with E-state index in [2.05, 4.69) is 26.7 Å². The summed E-state index contributed by atoms with van der Waals surface area (Å²) in [7, 11) is 0. The van der Waals surface area contributed by atoms with Crippen molar-refractivity contribution >= 4 is 11.7 Å². The van der Waals surface area contributed by atoms with Gasteiger partial charge < -0.3 is 5.32 Å². The van der Waals surface area contributed by atoms with Crippen molar-refractivity contribution in [1.82, 2.24) is 20.0 Å². The summed E-state index contributed by atoms with van der Waals surface area (Å²) in [4.78, 5) is 23.6. The lowest BCUT2D eigenvalue weighted by Gasteiger charge is -2.25. The first-order valence-corrected chi connectivity index (χ1v) is 8.05. The molecule has 2 N–H and O–H groups in total. The molecule has 0 fully saturated rings. The molecule has 4 rings (SSSR count). The van der Waals surface area contributed by atoms with E-state index in [1.165, 1.54) is 6.07 Å². The van der Waals surface area contributed by atoms with E-state index < -0.39 is 0 Å². The van der Waals surface area contributed by atoms with Gasteiger partial charge >= 0.3 is 0 Å². The molecule has 1 atom stereocenters. The average Bonchev–Trinajstić information content (AvgIpc) is 2.92. The van der Waals surface area contributed by atoms with Crippen molar-refractivity contribution in [2.75, 3.05) is 5.32 Å². The number of benzene rings is 1. The van der Waals surface area contributed by atoms with Gasteiger partial charge in [-0.2, -0.15) is 14.9 Å². The maximum Gasteiger partial charge on any atom is 0.264 e. The number of carbonyl (C=O) groups excluding carboxylic acids is 1. The molecule has 7 nitrogen and oxygen atoms in total. The minimum Gasteiger partial charge on any atom is -0.310 e. The minimum atomic E-state index is -0.289. The summed E-state index contributed by atoms with van der Waals surface area (Å²) in [5, 5.41) is 13.9. The molecule has 0 spiro atoms. The van der Waals surface area contributed by atoms with E-state index in [-0.39, 0.29) is 17.4 Å². The second kappa shape index (κ2) is 5.70. The molecule has 0 unspecified atom stereocenters. The largest absolute Gasteiger partial charge is 0.310 e. The molecule has 1 aliphatic heterocycles. The summed E-state index contributed by atoms with van der Waals surface area (Å²) in [5.74, 6) is 0.948. The number of amides is 1. The lowest BCUT2D eigenvalue weighted by atomic mass is 9.84. The molecule has 3 heterocycles. The predicted octanol–water partition coefficient (Wildman–Crippen LogP) is 2.05. The molecule has 1 amide bonds. The molecule has 2 aromatic heterocycles. The van der Waals surface area contributed by atoms with Gasteiger partial charge in [0.1, 0.15) is 5.82 Å². The van der Waals surface area contributed by atoms with Crippen LogP contribution in [0, 0.1) is 13.8 Å². The Morgan fingerprint density at radius 2 is 1.92 bits per heavy atom. The van der Waals surface area contributed by atoms with Gasteiger partial charge in [-0.15, -0.1) is 0 Å². The third kappa shape index (κ3) is 2.53. The van der Waals surface area contributed by atoms with Crippen molar-refractivity contribution in [2.45, 2.75) is 26.2 Å². The fourth-order valence-corrected chi connectivity index (χ4v) is 3.41. The molecule has 0 saturated heterocycles. The zero-order valence-electron chi connectivity index (χ0n) is 13.9. The Labute approximate surface area is 143 Å². The number of hydrogen-bond acceptors (Lipinski definition) is 4. The summed E-state index contributed by atoms with van der Waals surface area (Å²) in [5.41, 5.74) is 3.79. The summed E-state index contributed by atoms with van der Waals surface area (Å²) in [6.07, 6.45) is 0.378. The number of carbonyl (C=O) groups is 1. The number of nitrogens with zero attached hydrogens (tertiary/aromatic N) is 3. The van der Waals surface area contributed by atoms with Crippen LogP contribution in [0.15, 0.2) is 41.2 Å². The summed E-state index contributed by atoms with van der Waals surface area (Å²) < 4.78 is 1.57. The summed E-state index contributed by atoms with van der Waals surface area (Å²) >= 11 is 0. The van der Waals surface area contributed by atoms with Crippen LogP contribution in [0.1, 0.15) is 34.7 Å². The lowest BCUT2D eigenvalue weighted by Crippen LogP contribution is -2.25. The van der Waals surface area contributed by atoms with Gasteiger partial charge in [0.25, 0.3) is 5.56 Å². The molecular formula is C18H17N5O2. The summed E-state index contributed by atoms with van der Waals surface area (Å²) in [6, 6.07) is 11.0. The first kappa shape index (κ1) is 15.3. The van der Waals surface area contributed by atoms with Crippen LogP contribution in [0.25, 0.3) is 5.82 Å². The number of aryl methyl sites for hydroxylation is 2. The number of anilines is 1. The van der Waals surface area contributed by atoms with Crippen LogP contribution in [0.5, 0.6) is 0 Å². The fourth-order valence-electron chi connectivity index (χ4n) is 3.41. The molecule has 25 heavy (non-hydrogen) atoms. The quantitative estimate of drug-likeness (QED) is 0.749. The van der Waals surface area contributed by atoms with Crippen molar-refractivity contribution in [1.29, 1.82) is 0 Å². The third-order valence-electron chi connectivity index (χ3n) is 4.55. The Balaban J connectivity index is 1.91. The highest BCUT2D eigenvalue weighted by Gasteiger charge is 2.33. The zero-order chi connectivity index (χ0) is 17.6. The molecule has 0 radical (unpaired) electrons. The van der Waals surface area contributed by atoms with Gasteiger partial charge in [-0.05, 0) is 31.0 Å². The maximum atomic E-state index is 12.3. The van der Waals surface area contributed by atoms with Crippen LogP contribution >= 0.6 is 0 Å². The number of aromatic amines is 1. The Hall–Kier alpha value is -3.22. The van der Waals surface area contributed by atoms with Crippen molar-refractivity contribution < 1.29 is 4.79 Å². The first-order valence-electron chi connectivity index (χ1n) is 8.05. The van der Waals surface area contributed by atoms with E-state index in [9.17, 15) is 9.59 Å². The molecule has 0 saturated carbocycles. The second-order valence-corrected chi connectivity index (χ2v) is 6.20. The van der Waals surface area contributed by atoms with E-state index in [4.69, 9.17) is 0 Å². The van der Waals surface area contributed by atoms with Crippen LogP contribution in [0.4, 0.5) is 5.82 Å². The number of rotatable bonds is 2. The Morgan fingerprint density at radius 1 is 1.12 bits per heavy atom.